The molecule has 2 fully saturated rings. The average molecular weight is 367 g/mol. The zero-order valence-corrected chi connectivity index (χ0v) is 14.9. The molecule has 3 amide bonds. The fraction of sp³-hybridized carbons (Fsp3) is 0.421. The van der Waals surface area contributed by atoms with Crippen LogP contribution in [0.3, 0.4) is 0 Å². The summed E-state index contributed by atoms with van der Waals surface area (Å²) in [5.41, 5.74) is 0.559. The summed E-state index contributed by atoms with van der Waals surface area (Å²) in [6.45, 7) is 0.134. The second-order valence-electron chi connectivity index (χ2n) is 6.98. The fourth-order valence-corrected chi connectivity index (χ4v) is 3.89. The third kappa shape index (κ3) is 3.47. The molecule has 2 aromatic rings. The number of pyridine rings is 1. The van der Waals surface area contributed by atoms with Crippen molar-refractivity contribution < 1.29 is 14.4 Å². The number of nitrogens with zero attached hydrogens (tertiary/aromatic N) is 4. The number of carbonyl (C=O) groups is 3. The number of aromatic nitrogens is 3. The average Bonchev–Trinajstić information content (AvgIpc) is 3.30. The van der Waals surface area contributed by atoms with Crippen molar-refractivity contribution in [2.75, 3.05) is 11.9 Å². The third-order valence-corrected chi connectivity index (χ3v) is 5.27. The summed E-state index contributed by atoms with van der Waals surface area (Å²) in [7, 11) is 0. The smallest absolute Gasteiger partial charge is 0.233 e. The van der Waals surface area contributed by atoms with E-state index < -0.39 is 0 Å². The van der Waals surface area contributed by atoms with Crippen molar-refractivity contribution in [2.24, 2.45) is 11.8 Å². The van der Waals surface area contributed by atoms with Gasteiger partial charge in [-0.3, -0.25) is 19.3 Å². The first kappa shape index (κ1) is 17.4. The Balaban J connectivity index is 1.32. The van der Waals surface area contributed by atoms with Crippen LogP contribution in [-0.2, 0) is 14.4 Å². The second kappa shape index (κ2) is 7.30. The van der Waals surface area contributed by atoms with Crippen molar-refractivity contribution in [3.8, 4) is 5.82 Å². The number of hydrogen-bond acceptors (Lipinski definition) is 5. The van der Waals surface area contributed by atoms with Crippen molar-refractivity contribution in [1.29, 1.82) is 0 Å². The van der Waals surface area contributed by atoms with Crippen LogP contribution in [0.15, 0.2) is 36.8 Å². The zero-order valence-electron chi connectivity index (χ0n) is 14.9. The fourth-order valence-electron chi connectivity index (χ4n) is 3.89. The van der Waals surface area contributed by atoms with Gasteiger partial charge in [0.15, 0.2) is 5.82 Å². The molecular formula is C19H21N5O3. The van der Waals surface area contributed by atoms with Crippen molar-refractivity contribution >= 4 is 23.4 Å². The van der Waals surface area contributed by atoms with Crippen LogP contribution in [0.5, 0.6) is 0 Å². The van der Waals surface area contributed by atoms with Gasteiger partial charge in [-0.15, -0.1) is 0 Å². The molecule has 4 rings (SSSR count). The third-order valence-electron chi connectivity index (χ3n) is 5.27. The van der Waals surface area contributed by atoms with Crippen LogP contribution in [-0.4, -0.2) is 43.9 Å². The van der Waals surface area contributed by atoms with Crippen LogP contribution in [0.4, 0.5) is 5.69 Å². The number of rotatable bonds is 5. The summed E-state index contributed by atoms with van der Waals surface area (Å²) in [4.78, 5) is 42.6. The molecular weight excluding hydrogens is 346 g/mol. The minimum Gasteiger partial charge on any atom is -0.325 e. The summed E-state index contributed by atoms with van der Waals surface area (Å²) in [5.74, 6) is -0.167. The molecule has 1 saturated carbocycles. The maximum atomic E-state index is 12.4. The summed E-state index contributed by atoms with van der Waals surface area (Å²) >= 11 is 0. The number of amides is 3. The molecule has 8 nitrogen and oxygen atoms in total. The zero-order chi connectivity index (χ0) is 18.8. The lowest BCUT2D eigenvalue weighted by Crippen LogP contribution is -2.34. The largest absolute Gasteiger partial charge is 0.325 e. The van der Waals surface area contributed by atoms with Gasteiger partial charge >= 0.3 is 0 Å². The first-order valence-corrected chi connectivity index (χ1v) is 9.24. The van der Waals surface area contributed by atoms with E-state index in [1.165, 1.54) is 4.90 Å². The Labute approximate surface area is 156 Å². The lowest BCUT2D eigenvalue weighted by atomic mass is 9.81. The highest BCUT2D eigenvalue weighted by atomic mass is 16.2. The molecule has 0 radical (unpaired) electrons. The molecule has 1 N–H and O–H groups in total. The number of imide groups is 1. The van der Waals surface area contributed by atoms with E-state index in [2.05, 4.69) is 15.4 Å². The summed E-state index contributed by atoms with van der Waals surface area (Å²) in [6.07, 6.45) is 8.63. The molecule has 1 aliphatic carbocycles. The highest BCUT2D eigenvalue weighted by Crippen LogP contribution is 2.37. The van der Waals surface area contributed by atoms with E-state index in [1.54, 1.807) is 41.5 Å². The molecule has 3 heterocycles. The Morgan fingerprint density at radius 3 is 2.48 bits per heavy atom. The summed E-state index contributed by atoms with van der Waals surface area (Å²) in [5, 5.41) is 6.84. The van der Waals surface area contributed by atoms with Crippen molar-refractivity contribution in [3.63, 3.8) is 0 Å². The normalized spacial score (nSPS) is 22.0. The van der Waals surface area contributed by atoms with Gasteiger partial charge in [-0.2, -0.15) is 5.10 Å². The predicted octanol–water partition coefficient (Wildman–Crippen LogP) is 1.77. The van der Waals surface area contributed by atoms with E-state index in [0.717, 1.165) is 25.7 Å². The van der Waals surface area contributed by atoms with Crippen LogP contribution in [0, 0.1) is 11.8 Å². The van der Waals surface area contributed by atoms with Crippen LogP contribution in [0.1, 0.15) is 32.1 Å². The quantitative estimate of drug-likeness (QED) is 0.813. The Morgan fingerprint density at radius 1 is 1.15 bits per heavy atom. The van der Waals surface area contributed by atoms with E-state index in [4.69, 9.17) is 0 Å². The number of nitrogens with one attached hydrogen (secondary N) is 1. The minimum atomic E-state index is -0.251. The molecule has 140 valence electrons. The maximum absolute atomic E-state index is 12.4. The molecule has 2 aromatic heterocycles. The Kier molecular flexibility index (Phi) is 4.70. The Hall–Kier alpha value is -3.03. The molecule has 2 aliphatic rings. The lowest BCUT2D eigenvalue weighted by Gasteiger charge is -2.19. The maximum Gasteiger partial charge on any atom is 0.233 e. The van der Waals surface area contributed by atoms with Gasteiger partial charge in [0.05, 0.1) is 23.7 Å². The number of fused-ring (bicyclic) bond motifs is 1. The number of carbonyl (C=O) groups excluding carboxylic acids is 3. The first-order valence-electron chi connectivity index (χ1n) is 9.24. The van der Waals surface area contributed by atoms with E-state index in [-0.39, 0.29) is 42.5 Å². The first-order chi connectivity index (χ1) is 13.1. The van der Waals surface area contributed by atoms with Gasteiger partial charge in [0, 0.05) is 25.4 Å². The van der Waals surface area contributed by atoms with Gasteiger partial charge in [0.2, 0.25) is 17.7 Å². The number of anilines is 1. The van der Waals surface area contributed by atoms with Gasteiger partial charge in [-0.1, -0.05) is 12.8 Å². The molecule has 2 unspecified atom stereocenters. The molecule has 1 saturated heterocycles. The van der Waals surface area contributed by atoms with Gasteiger partial charge in [0.25, 0.3) is 0 Å². The number of likely N-dealkylation sites (tertiary alicyclic amines) is 1. The topological polar surface area (TPSA) is 97.2 Å². The molecule has 1 aliphatic heterocycles. The summed E-state index contributed by atoms with van der Waals surface area (Å²) in [6, 6.07) is 5.29. The van der Waals surface area contributed by atoms with Gasteiger partial charge in [-0.05, 0) is 31.0 Å². The SMILES string of the molecule is O=C(CCN1C(=O)C2CCCCC2C1=O)Nc1ccc(-n2cccn2)nc1. The molecule has 0 bridgehead atoms. The second-order valence-corrected chi connectivity index (χ2v) is 6.98. The molecule has 0 spiro atoms. The van der Waals surface area contributed by atoms with E-state index in [0.29, 0.717) is 11.5 Å². The number of hydrogen-bond donors (Lipinski definition) is 1. The molecule has 27 heavy (non-hydrogen) atoms. The summed E-state index contributed by atoms with van der Waals surface area (Å²) < 4.78 is 1.62. The van der Waals surface area contributed by atoms with Crippen LogP contribution < -0.4 is 5.32 Å². The monoisotopic (exact) mass is 367 g/mol. The van der Waals surface area contributed by atoms with E-state index in [1.807, 2.05) is 0 Å². The van der Waals surface area contributed by atoms with Crippen LogP contribution in [0.2, 0.25) is 0 Å². The molecule has 8 heteroatoms. The van der Waals surface area contributed by atoms with Gasteiger partial charge in [0.1, 0.15) is 0 Å². The molecule has 2 atom stereocenters. The molecule has 0 aromatic carbocycles. The van der Waals surface area contributed by atoms with Crippen molar-refractivity contribution in [3.05, 3.63) is 36.8 Å². The van der Waals surface area contributed by atoms with Gasteiger partial charge < -0.3 is 5.32 Å². The minimum absolute atomic E-state index is 0.0812. The van der Waals surface area contributed by atoms with E-state index >= 15 is 0 Å². The Bertz CT molecular complexity index is 823. The van der Waals surface area contributed by atoms with Gasteiger partial charge in [-0.25, -0.2) is 9.67 Å². The van der Waals surface area contributed by atoms with Crippen molar-refractivity contribution in [2.45, 2.75) is 32.1 Å². The highest BCUT2D eigenvalue weighted by molar-refractivity contribution is 6.05. The van der Waals surface area contributed by atoms with Crippen molar-refractivity contribution in [1.82, 2.24) is 19.7 Å². The van der Waals surface area contributed by atoms with Crippen LogP contribution >= 0.6 is 0 Å². The standard InChI is InChI=1S/C19H21N5O3/c25-17(22-13-6-7-16(20-12-13)24-10-3-9-21-24)8-11-23-18(26)14-4-1-2-5-15(14)19(23)27/h3,6-7,9-10,12,14-15H,1-2,4-5,8,11H2,(H,22,25). The predicted molar refractivity (Wildman–Crippen MR) is 96.8 cm³/mol. The van der Waals surface area contributed by atoms with E-state index in [9.17, 15) is 14.4 Å². The lowest BCUT2D eigenvalue weighted by molar-refractivity contribution is -0.140. The highest BCUT2D eigenvalue weighted by Gasteiger charge is 2.47. The Morgan fingerprint density at radius 2 is 1.89 bits per heavy atom. The van der Waals surface area contributed by atoms with Crippen LogP contribution in [0.25, 0.3) is 5.82 Å².